The first kappa shape index (κ1) is 7.03. The number of piperidine rings is 1. The van der Waals surface area contributed by atoms with E-state index in [-0.39, 0.29) is 6.61 Å². The van der Waals surface area contributed by atoms with Crippen LogP contribution in [0.15, 0.2) is 0 Å². The summed E-state index contributed by atoms with van der Waals surface area (Å²) in [5.74, 6) is 0.434. The van der Waals surface area contributed by atoms with Gasteiger partial charge in [0.15, 0.2) is 0 Å². The molecule has 0 bridgehead atoms. The lowest BCUT2D eigenvalue weighted by Crippen LogP contribution is -2.33. The Morgan fingerprint density at radius 3 is 2.89 bits per heavy atom. The first-order chi connectivity index (χ1) is 4.33. The summed E-state index contributed by atoms with van der Waals surface area (Å²) in [4.78, 5) is 2.24. The zero-order valence-corrected chi connectivity index (χ0v) is 5.97. The Kier molecular flexibility index (Phi) is 2.49. The molecule has 0 aromatic heterocycles. The second kappa shape index (κ2) is 3.18. The van der Waals surface area contributed by atoms with Crippen LogP contribution in [-0.2, 0) is 5.11 Å². The van der Waals surface area contributed by atoms with Crippen molar-refractivity contribution >= 4 is 0 Å². The molecule has 2 heteroatoms. The fraction of sp³-hybridized carbons (Fsp3) is 1.00. The number of nitrogens with zero attached hydrogens (tertiary/aromatic N) is 1. The van der Waals surface area contributed by atoms with Gasteiger partial charge in [-0.1, -0.05) is 0 Å². The topological polar surface area (TPSA) is 23.1 Å². The van der Waals surface area contributed by atoms with Crippen LogP contribution in [0.2, 0.25) is 0 Å². The quantitative estimate of drug-likeness (QED) is 0.511. The predicted octanol–water partition coefficient (Wildman–Crippen LogP) is 0.759. The summed E-state index contributed by atoms with van der Waals surface area (Å²) in [5, 5.41) is 10.4. The van der Waals surface area contributed by atoms with Gasteiger partial charge in [-0.3, -0.25) is 0 Å². The molecule has 1 saturated heterocycles. The standard InChI is InChI=1S/C7H14NO/c1-8-4-2-3-7(5-8)6-9/h7H,2-6H2,1H3. The summed E-state index contributed by atoms with van der Waals surface area (Å²) >= 11 is 0. The molecule has 1 rings (SSSR count). The zero-order chi connectivity index (χ0) is 6.69. The van der Waals surface area contributed by atoms with E-state index in [2.05, 4.69) is 11.9 Å². The molecule has 1 radical (unpaired) electrons. The molecule has 0 aliphatic carbocycles. The largest absolute Gasteiger partial charge is 0.306 e. The monoisotopic (exact) mass is 128 g/mol. The van der Waals surface area contributed by atoms with E-state index in [0.29, 0.717) is 5.92 Å². The van der Waals surface area contributed by atoms with Gasteiger partial charge in [0.1, 0.15) is 0 Å². The average molecular weight is 128 g/mol. The van der Waals surface area contributed by atoms with Gasteiger partial charge in [-0.25, -0.2) is 5.11 Å². The van der Waals surface area contributed by atoms with E-state index in [1.54, 1.807) is 0 Å². The lowest BCUT2D eigenvalue weighted by Gasteiger charge is -2.27. The lowest BCUT2D eigenvalue weighted by molar-refractivity contribution is 0.0934. The van der Waals surface area contributed by atoms with Crippen molar-refractivity contribution < 1.29 is 5.11 Å². The predicted molar refractivity (Wildman–Crippen MR) is 35.8 cm³/mol. The third-order valence-electron chi connectivity index (χ3n) is 1.96. The van der Waals surface area contributed by atoms with Gasteiger partial charge in [0, 0.05) is 6.54 Å². The highest BCUT2D eigenvalue weighted by Crippen LogP contribution is 2.13. The number of hydrogen-bond acceptors (Lipinski definition) is 1. The van der Waals surface area contributed by atoms with Crippen LogP contribution in [0.25, 0.3) is 0 Å². The molecule has 1 aliphatic rings. The molecule has 0 amide bonds. The van der Waals surface area contributed by atoms with E-state index in [1.165, 1.54) is 13.0 Å². The van der Waals surface area contributed by atoms with E-state index in [4.69, 9.17) is 0 Å². The second-order valence-electron chi connectivity index (χ2n) is 2.94. The van der Waals surface area contributed by atoms with Crippen molar-refractivity contribution in [2.45, 2.75) is 12.8 Å². The molecule has 0 spiro atoms. The highest BCUT2D eigenvalue weighted by Gasteiger charge is 2.15. The molecule has 1 atom stereocenters. The number of likely N-dealkylation sites (tertiary alicyclic amines) is 1. The van der Waals surface area contributed by atoms with Gasteiger partial charge in [-0.2, -0.15) is 0 Å². The Balaban J connectivity index is 2.23. The number of hydrogen-bond donors (Lipinski definition) is 0. The normalized spacial score (nSPS) is 30.7. The Labute approximate surface area is 56.5 Å². The second-order valence-corrected chi connectivity index (χ2v) is 2.94. The van der Waals surface area contributed by atoms with Crippen molar-refractivity contribution in [1.82, 2.24) is 4.90 Å². The van der Waals surface area contributed by atoms with Gasteiger partial charge in [-0.05, 0) is 32.4 Å². The van der Waals surface area contributed by atoms with E-state index >= 15 is 0 Å². The van der Waals surface area contributed by atoms with Crippen LogP contribution in [0.4, 0.5) is 0 Å². The molecular formula is C7H14NO. The van der Waals surface area contributed by atoms with Crippen LogP contribution in [0.5, 0.6) is 0 Å². The van der Waals surface area contributed by atoms with Crippen LogP contribution in [0.1, 0.15) is 12.8 Å². The Bertz CT molecular complexity index is 85.0. The average Bonchev–Trinajstić information content (AvgIpc) is 1.88. The van der Waals surface area contributed by atoms with Crippen molar-refractivity contribution in [2.75, 3.05) is 26.7 Å². The molecule has 0 saturated carbocycles. The van der Waals surface area contributed by atoms with E-state index < -0.39 is 0 Å². The summed E-state index contributed by atoms with van der Waals surface area (Å²) in [6.45, 7) is 2.31. The lowest BCUT2D eigenvalue weighted by atomic mass is 10.00. The molecule has 1 heterocycles. The van der Waals surface area contributed by atoms with Crippen LogP contribution in [-0.4, -0.2) is 31.6 Å². The Morgan fingerprint density at radius 2 is 2.44 bits per heavy atom. The number of rotatable bonds is 1. The minimum atomic E-state index is 0.115. The van der Waals surface area contributed by atoms with Crippen LogP contribution < -0.4 is 0 Å². The zero-order valence-electron chi connectivity index (χ0n) is 5.97. The third kappa shape index (κ3) is 1.95. The smallest absolute Gasteiger partial charge is 0.0862 e. The molecule has 9 heavy (non-hydrogen) atoms. The van der Waals surface area contributed by atoms with Crippen molar-refractivity contribution in [2.24, 2.45) is 5.92 Å². The van der Waals surface area contributed by atoms with Gasteiger partial charge >= 0.3 is 0 Å². The highest BCUT2D eigenvalue weighted by atomic mass is 16.3. The Hall–Kier alpha value is -0.0800. The van der Waals surface area contributed by atoms with Crippen molar-refractivity contribution in [3.63, 3.8) is 0 Å². The van der Waals surface area contributed by atoms with Gasteiger partial charge in [-0.15, -0.1) is 0 Å². The molecular weight excluding hydrogens is 114 g/mol. The van der Waals surface area contributed by atoms with Gasteiger partial charge in [0.25, 0.3) is 0 Å². The van der Waals surface area contributed by atoms with Gasteiger partial charge in [0.2, 0.25) is 0 Å². The maximum Gasteiger partial charge on any atom is 0.0862 e. The van der Waals surface area contributed by atoms with Crippen molar-refractivity contribution in [3.05, 3.63) is 0 Å². The maximum atomic E-state index is 10.4. The van der Waals surface area contributed by atoms with E-state index in [1.807, 2.05) is 0 Å². The summed E-state index contributed by atoms with van der Waals surface area (Å²) < 4.78 is 0. The fourth-order valence-corrected chi connectivity index (χ4v) is 1.41. The first-order valence-electron chi connectivity index (χ1n) is 3.59. The van der Waals surface area contributed by atoms with Crippen molar-refractivity contribution in [1.29, 1.82) is 0 Å². The SMILES string of the molecule is CN1CCCC(C[O])C1. The molecule has 0 aromatic carbocycles. The van der Waals surface area contributed by atoms with E-state index in [9.17, 15) is 5.11 Å². The molecule has 53 valence electrons. The summed E-state index contributed by atoms with van der Waals surface area (Å²) in [6.07, 6.45) is 2.36. The van der Waals surface area contributed by atoms with Crippen molar-refractivity contribution in [3.8, 4) is 0 Å². The maximum absolute atomic E-state index is 10.4. The summed E-state index contributed by atoms with van der Waals surface area (Å²) in [7, 11) is 2.09. The van der Waals surface area contributed by atoms with Crippen LogP contribution in [0, 0.1) is 5.92 Å². The molecule has 1 fully saturated rings. The molecule has 1 aliphatic heterocycles. The third-order valence-corrected chi connectivity index (χ3v) is 1.96. The highest BCUT2D eigenvalue weighted by molar-refractivity contribution is 4.68. The summed E-state index contributed by atoms with van der Waals surface area (Å²) in [6, 6.07) is 0. The van der Waals surface area contributed by atoms with Crippen LogP contribution >= 0.6 is 0 Å². The van der Waals surface area contributed by atoms with E-state index in [0.717, 1.165) is 13.0 Å². The van der Waals surface area contributed by atoms with Gasteiger partial charge < -0.3 is 4.90 Å². The fourth-order valence-electron chi connectivity index (χ4n) is 1.41. The van der Waals surface area contributed by atoms with Gasteiger partial charge in [0.05, 0.1) is 6.61 Å². The molecule has 0 aromatic rings. The minimum absolute atomic E-state index is 0.115. The summed E-state index contributed by atoms with van der Waals surface area (Å²) in [5.41, 5.74) is 0. The molecule has 1 unspecified atom stereocenters. The molecule has 0 N–H and O–H groups in total. The minimum Gasteiger partial charge on any atom is -0.306 e. The molecule has 2 nitrogen and oxygen atoms in total. The van der Waals surface area contributed by atoms with Crippen LogP contribution in [0.3, 0.4) is 0 Å². The Morgan fingerprint density at radius 1 is 1.67 bits per heavy atom. The first-order valence-corrected chi connectivity index (χ1v) is 3.59.